The van der Waals surface area contributed by atoms with Gasteiger partial charge in [-0.2, -0.15) is 5.26 Å². The maximum Gasteiger partial charge on any atom is 0.107 e. The molecule has 3 heteroatoms. The Kier molecular flexibility index (Phi) is 5.33. The SMILES string of the molecule is CC(C)(C)C1CCCN(CCC2CCCC2(N)C#N)CC1. The minimum absolute atomic E-state index is 0.407. The molecule has 2 N–H and O–H groups in total. The van der Waals surface area contributed by atoms with Gasteiger partial charge in [0, 0.05) is 0 Å². The summed E-state index contributed by atoms with van der Waals surface area (Å²) in [4.78, 5) is 2.61. The highest BCUT2D eigenvalue weighted by Crippen LogP contribution is 2.37. The minimum Gasteiger partial charge on any atom is -0.313 e. The number of hydrogen-bond acceptors (Lipinski definition) is 3. The van der Waals surface area contributed by atoms with E-state index < -0.39 is 5.54 Å². The van der Waals surface area contributed by atoms with Crippen LogP contribution in [0.15, 0.2) is 0 Å². The first-order chi connectivity index (χ1) is 9.85. The maximum absolute atomic E-state index is 9.31. The molecule has 2 rings (SSSR count). The molecule has 1 aliphatic heterocycles. The lowest BCUT2D eigenvalue weighted by Crippen LogP contribution is -2.43. The van der Waals surface area contributed by atoms with Gasteiger partial charge in [-0.1, -0.05) is 27.2 Å². The van der Waals surface area contributed by atoms with Crippen molar-refractivity contribution in [1.29, 1.82) is 5.26 Å². The van der Waals surface area contributed by atoms with Crippen LogP contribution in [0.3, 0.4) is 0 Å². The largest absolute Gasteiger partial charge is 0.313 e. The van der Waals surface area contributed by atoms with E-state index in [9.17, 15) is 5.26 Å². The number of likely N-dealkylation sites (tertiary alicyclic amines) is 1. The van der Waals surface area contributed by atoms with Crippen molar-refractivity contribution in [2.75, 3.05) is 19.6 Å². The normalized spacial score (nSPS) is 35.4. The summed E-state index contributed by atoms with van der Waals surface area (Å²) in [5, 5.41) is 9.31. The molecule has 3 atom stereocenters. The molecule has 0 bridgehead atoms. The van der Waals surface area contributed by atoms with Crippen LogP contribution < -0.4 is 5.73 Å². The second-order valence-electron chi connectivity index (χ2n) is 8.37. The van der Waals surface area contributed by atoms with E-state index in [0.29, 0.717) is 11.3 Å². The summed E-state index contributed by atoms with van der Waals surface area (Å²) in [6.07, 6.45) is 8.26. The quantitative estimate of drug-likeness (QED) is 0.865. The lowest BCUT2D eigenvalue weighted by atomic mass is 9.77. The fourth-order valence-electron chi connectivity index (χ4n) is 4.24. The van der Waals surface area contributed by atoms with E-state index in [1.54, 1.807) is 0 Å². The Labute approximate surface area is 130 Å². The Morgan fingerprint density at radius 3 is 2.62 bits per heavy atom. The Balaban J connectivity index is 1.81. The summed E-state index contributed by atoms with van der Waals surface area (Å²) < 4.78 is 0. The summed E-state index contributed by atoms with van der Waals surface area (Å²) in [7, 11) is 0. The third kappa shape index (κ3) is 4.20. The summed E-state index contributed by atoms with van der Waals surface area (Å²) in [5.74, 6) is 1.26. The molecule has 0 spiro atoms. The monoisotopic (exact) mass is 291 g/mol. The predicted molar refractivity (Wildman–Crippen MR) is 87.7 cm³/mol. The fourth-order valence-corrected chi connectivity index (χ4v) is 4.24. The number of hydrogen-bond donors (Lipinski definition) is 1. The van der Waals surface area contributed by atoms with Gasteiger partial charge in [0.05, 0.1) is 6.07 Å². The molecule has 1 heterocycles. The molecule has 120 valence electrons. The molecule has 0 aromatic heterocycles. The average Bonchev–Trinajstić information content (AvgIpc) is 2.63. The van der Waals surface area contributed by atoms with Crippen LogP contribution in [-0.4, -0.2) is 30.1 Å². The van der Waals surface area contributed by atoms with E-state index >= 15 is 0 Å². The fraction of sp³-hybridized carbons (Fsp3) is 0.944. The Bertz CT molecular complexity index is 379. The van der Waals surface area contributed by atoms with Crippen molar-refractivity contribution in [3.05, 3.63) is 0 Å². The molecule has 0 amide bonds. The second kappa shape index (κ2) is 6.67. The average molecular weight is 291 g/mol. The Morgan fingerprint density at radius 1 is 1.19 bits per heavy atom. The van der Waals surface area contributed by atoms with E-state index in [1.165, 1.54) is 32.4 Å². The van der Waals surface area contributed by atoms with Crippen molar-refractivity contribution in [2.45, 2.75) is 71.3 Å². The molecule has 0 aromatic carbocycles. The summed E-state index contributed by atoms with van der Waals surface area (Å²) in [6, 6.07) is 2.38. The Morgan fingerprint density at radius 2 is 1.95 bits per heavy atom. The minimum atomic E-state index is -0.542. The highest BCUT2D eigenvalue weighted by Gasteiger charge is 2.39. The van der Waals surface area contributed by atoms with Gasteiger partial charge < -0.3 is 10.6 Å². The molecule has 1 saturated carbocycles. The van der Waals surface area contributed by atoms with E-state index in [4.69, 9.17) is 5.73 Å². The first kappa shape index (κ1) is 16.8. The van der Waals surface area contributed by atoms with Crippen molar-refractivity contribution >= 4 is 0 Å². The van der Waals surface area contributed by atoms with Crippen LogP contribution in [0, 0.1) is 28.6 Å². The van der Waals surface area contributed by atoms with Gasteiger partial charge in [-0.15, -0.1) is 0 Å². The van der Waals surface area contributed by atoms with Crippen LogP contribution in [-0.2, 0) is 0 Å². The van der Waals surface area contributed by atoms with E-state index in [2.05, 4.69) is 31.7 Å². The molecule has 1 saturated heterocycles. The van der Waals surface area contributed by atoms with Crippen LogP contribution in [0.4, 0.5) is 0 Å². The van der Waals surface area contributed by atoms with Crippen molar-refractivity contribution in [3.8, 4) is 6.07 Å². The van der Waals surface area contributed by atoms with Crippen molar-refractivity contribution in [1.82, 2.24) is 4.90 Å². The van der Waals surface area contributed by atoms with Gasteiger partial charge >= 0.3 is 0 Å². The molecule has 1 aliphatic carbocycles. The zero-order valence-corrected chi connectivity index (χ0v) is 14.2. The first-order valence-corrected chi connectivity index (χ1v) is 8.77. The molecule has 0 radical (unpaired) electrons. The zero-order valence-electron chi connectivity index (χ0n) is 14.2. The summed E-state index contributed by atoms with van der Waals surface area (Å²) >= 11 is 0. The first-order valence-electron chi connectivity index (χ1n) is 8.77. The van der Waals surface area contributed by atoms with Crippen molar-refractivity contribution in [2.24, 2.45) is 23.0 Å². The maximum atomic E-state index is 9.31. The van der Waals surface area contributed by atoms with Gasteiger partial charge in [0.15, 0.2) is 0 Å². The number of nitrogens with two attached hydrogens (primary N) is 1. The lowest BCUT2D eigenvalue weighted by Gasteiger charge is -2.30. The smallest absolute Gasteiger partial charge is 0.107 e. The van der Waals surface area contributed by atoms with Gasteiger partial charge in [-0.05, 0) is 75.4 Å². The number of nitrogens with zero attached hydrogens (tertiary/aromatic N) is 2. The third-order valence-corrected chi connectivity index (χ3v) is 5.92. The molecule has 3 unspecified atom stereocenters. The van der Waals surface area contributed by atoms with Gasteiger partial charge in [0.25, 0.3) is 0 Å². The third-order valence-electron chi connectivity index (χ3n) is 5.92. The summed E-state index contributed by atoms with van der Waals surface area (Å²) in [5.41, 5.74) is 6.15. The molecule has 21 heavy (non-hydrogen) atoms. The van der Waals surface area contributed by atoms with Crippen LogP contribution in [0.1, 0.15) is 65.7 Å². The number of rotatable bonds is 3. The van der Waals surface area contributed by atoms with Crippen molar-refractivity contribution < 1.29 is 0 Å². The highest BCUT2D eigenvalue weighted by atomic mass is 15.1. The van der Waals surface area contributed by atoms with Gasteiger partial charge in [-0.25, -0.2) is 0 Å². The van der Waals surface area contributed by atoms with Gasteiger partial charge in [-0.3, -0.25) is 0 Å². The van der Waals surface area contributed by atoms with Gasteiger partial charge in [0.1, 0.15) is 5.54 Å². The predicted octanol–water partition coefficient (Wildman–Crippen LogP) is 3.55. The summed E-state index contributed by atoms with van der Waals surface area (Å²) in [6.45, 7) is 10.7. The van der Waals surface area contributed by atoms with E-state index in [-0.39, 0.29) is 0 Å². The van der Waals surface area contributed by atoms with Crippen LogP contribution in [0.2, 0.25) is 0 Å². The molecule has 2 fully saturated rings. The Hall–Kier alpha value is -0.590. The molecule has 3 nitrogen and oxygen atoms in total. The standard InChI is InChI=1S/C18H33N3/c1-17(2,3)15-7-5-11-21(12-8-15)13-9-16-6-4-10-18(16,20)14-19/h15-16H,4-13,20H2,1-3H3. The highest BCUT2D eigenvalue weighted by molar-refractivity contribution is 5.11. The molecular formula is C18H33N3. The topological polar surface area (TPSA) is 53.0 Å². The lowest BCUT2D eigenvalue weighted by molar-refractivity contribution is 0.202. The van der Waals surface area contributed by atoms with E-state index in [1.807, 2.05) is 0 Å². The van der Waals surface area contributed by atoms with Crippen LogP contribution in [0.5, 0.6) is 0 Å². The zero-order chi connectivity index (χ0) is 15.5. The molecular weight excluding hydrogens is 258 g/mol. The van der Waals surface area contributed by atoms with E-state index in [0.717, 1.165) is 38.1 Å². The molecule has 0 aromatic rings. The van der Waals surface area contributed by atoms with Crippen LogP contribution >= 0.6 is 0 Å². The second-order valence-corrected chi connectivity index (χ2v) is 8.37. The number of nitriles is 1. The van der Waals surface area contributed by atoms with Crippen LogP contribution in [0.25, 0.3) is 0 Å². The van der Waals surface area contributed by atoms with Gasteiger partial charge in [0.2, 0.25) is 0 Å². The van der Waals surface area contributed by atoms with Crippen molar-refractivity contribution in [3.63, 3.8) is 0 Å². The molecule has 2 aliphatic rings.